The first kappa shape index (κ1) is 15.3. The molecule has 0 N–H and O–H groups in total. The second-order valence-corrected chi connectivity index (χ2v) is 5.85. The summed E-state index contributed by atoms with van der Waals surface area (Å²) in [6.07, 6.45) is 3.54. The fraction of sp³-hybridized carbons (Fsp3) is 0.0476. The maximum absolute atomic E-state index is 14.6. The van der Waals surface area contributed by atoms with E-state index in [0.717, 1.165) is 22.5 Å². The van der Waals surface area contributed by atoms with Crippen LogP contribution < -0.4 is 0 Å². The molecular weight excluding hydrogens is 313 g/mol. The molecule has 122 valence electrons. The third-order valence-electron chi connectivity index (χ3n) is 3.97. The smallest absolute Gasteiger partial charge is 0.154 e. The molecule has 0 unspecified atom stereocenters. The lowest BCUT2D eigenvalue weighted by Gasteiger charge is -2.08. The molecule has 0 saturated heterocycles. The number of hydrogen-bond donors (Lipinski definition) is 0. The van der Waals surface area contributed by atoms with E-state index in [1.54, 1.807) is 10.6 Å². The van der Waals surface area contributed by atoms with E-state index in [0.29, 0.717) is 5.65 Å². The molecule has 0 aliphatic carbocycles. The van der Waals surface area contributed by atoms with Crippen LogP contribution in [-0.2, 0) is 0 Å². The molecule has 4 heteroatoms. The SMILES string of the molecule is Cc1cn2cc(N=C(c3ccccc3)c3ccccc3)c(F)cc2n1. The van der Waals surface area contributed by atoms with E-state index in [1.165, 1.54) is 6.07 Å². The van der Waals surface area contributed by atoms with E-state index in [4.69, 9.17) is 0 Å². The summed E-state index contributed by atoms with van der Waals surface area (Å²) >= 11 is 0. The maximum atomic E-state index is 14.6. The lowest BCUT2D eigenvalue weighted by Crippen LogP contribution is -2.03. The van der Waals surface area contributed by atoms with Crippen LogP contribution in [0.15, 0.2) is 84.1 Å². The summed E-state index contributed by atoms with van der Waals surface area (Å²) in [4.78, 5) is 8.94. The Labute approximate surface area is 145 Å². The Morgan fingerprint density at radius 3 is 2.12 bits per heavy atom. The highest BCUT2D eigenvalue weighted by Crippen LogP contribution is 2.23. The predicted molar refractivity (Wildman–Crippen MR) is 98.1 cm³/mol. The van der Waals surface area contributed by atoms with Crippen LogP contribution >= 0.6 is 0 Å². The van der Waals surface area contributed by atoms with Crippen LogP contribution in [0.25, 0.3) is 5.65 Å². The summed E-state index contributed by atoms with van der Waals surface area (Å²) in [6.45, 7) is 1.88. The second-order valence-electron chi connectivity index (χ2n) is 5.85. The molecular formula is C21H16FN3. The summed E-state index contributed by atoms with van der Waals surface area (Å²) in [7, 11) is 0. The molecule has 0 bridgehead atoms. The Hall–Kier alpha value is -3.27. The van der Waals surface area contributed by atoms with Gasteiger partial charge >= 0.3 is 0 Å². The number of hydrogen-bond acceptors (Lipinski definition) is 2. The molecule has 4 rings (SSSR count). The predicted octanol–water partition coefficient (Wildman–Crippen LogP) is 4.95. The highest BCUT2D eigenvalue weighted by Gasteiger charge is 2.11. The first-order valence-corrected chi connectivity index (χ1v) is 8.05. The molecule has 0 spiro atoms. The average molecular weight is 329 g/mol. The van der Waals surface area contributed by atoms with E-state index in [1.807, 2.05) is 73.8 Å². The number of halogens is 1. The lowest BCUT2D eigenvalue weighted by molar-refractivity contribution is 0.628. The third-order valence-corrected chi connectivity index (χ3v) is 3.97. The fourth-order valence-electron chi connectivity index (χ4n) is 2.82. The number of aryl methyl sites for hydroxylation is 1. The van der Waals surface area contributed by atoms with Crippen molar-refractivity contribution in [2.24, 2.45) is 4.99 Å². The van der Waals surface area contributed by atoms with Gasteiger partial charge in [0, 0.05) is 29.6 Å². The van der Waals surface area contributed by atoms with Crippen molar-refractivity contribution >= 4 is 17.0 Å². The highest BCUT2D eigenvalue weighted by molar-refractivity contribution is 6.13. The summed E-state index contributed by atoms with van der Waals surface area (Å²) in [5.41, 5.74) is 4.32. The Morgan fingerprint density at radius 1 is 0.920 bits per heavy atom. The van der Waals surface area contributed by atoms with Crippen molar-refractivity contribution in [1.29, 1.82) is 0 Å². The van der Waals surface area contributed by atoms with E-state index < -0.39 is 0 Å². The Balaban J connectivity index is 1.91. The Morgan fingerprint density at radius 2 is 1.52 bits per heavy atom. The molecule has 3 nitrogen and oxygen atoms in total. The van der Waals surface area contributed by atoms with Crippen molar-refractivity contribution in [3.63, 3.8) is 0 Å². The number of nitrogens with zero attached hydrogens (tertiary/aromatic N) is 3. The minimum absolute atomic E-state index is 0.285. The highest BCUT2D eigenvalue weighted by atomic mass is 19.1. The van der Waals surface area contributed by atoms with Gasteiger partial charge in [-0.15, -0.1) is 0 Å². The largest absolute Gasteiger partial charge is 0.304 e. The Bertz CT molecular complexity index is 1010. The van der Waals surface area contributed by atoms with Crippen LogP contribution in [0.2, 0.25) is 0 Å². The summed E-state index contributed by atoms with van der Waals surface area (Å²) in [6, 6.07) is 21.0. The quantitative estimate of drug-likeness (QED) is 0.489. The minimum Gasteiger partial charge on any atom is -0.304 e. The number of pyridine rings is 1. The van der Waals surface area contributed by atoms with Crippen LogP contribution in [0.1, 0.15) is 16.8 Å². The van der Waals surface area contributed by atoms with Crippen molar-refractivity contribution in [3.8, 4) is 0 Å². The fourth-order valence-corrected chi connectivity index (χ4v) is 2.82. The average Bonchev–Trinajstić information content (AvgIpc) is 3.00. The lowest BCUT2D eigenvalue weighted by atomic mass is 10.0. The molecule has 0 atom stereocenters. The molecule has 2 aromatic heterocycles. The molecule has 0 amide bonds. The third kappa shape index (κ3) is 3.06. The number of imidazole rings is 1. The zero-order valence-corrected chi connectivity index (χ0v) is 13.7. The van der Waals surface area contributed by atoms with Crippen LogP contribution in [0.3, 0.4) is 0 Å². The van der Waals surface area contributed by atoms with Crippen LogP contribution in [0, 0.1) is 12.7 Å². The molecule has 0 radical (unpaired) electrons. The monoisotopic (exact) mass is 329 g/mol. The first-order chi connectivity index (χ1) is 12.2. The van der Waals surface area contributed by atoms with Gasteiger partial charge in [0.15, 0.2) is 5.82 Å². The van der Waals surface area contributed by atoms with Gasteiger partial charge in [-0.1, -0.05) is 60.7 Å². The zero-order valence-electron chi connectivity index (χ0n) is 13.7. The van der Waals surface area contributed by atoms with Gasteiger partial charge in [-0.2, -0.15) is 0 Å². The molecule has 25 heavy (non-hydrogen) atoms. The van der Waals surface area contributed by atoms with Crippen LogP contribution in [0.5, 0.6) is 0 Å². The van der Waals surface area contributed by atoms with Gasteiger partial charge in [0.25, 0.3) is 0 Å². The van der Waals surface area contributed by atoms with Gasteiger partial charge in [-0.05, 0) is 6.92 Å². The standard InChI is InChI=1S/C21H16FN3/c1-15-13-25-14-19(18(22)12-20(25)23-15)24-21(16-8-4-2-5-9-16)17-10-6-3-7-11-17/h2-14H,1H3. The summed E-state index contributed by atoms with van der Waals surface area (Å²) in [5.74, 6) is -0.387. The topological polar surface area (TPSA) is 29.7 Å². The number of aromatic nitrogens is 2. The van der Waals surface area contributed by atoms with Crippen molar-refractivity contribution in [3.05, 3.63) is 102 Å². The van der Waals surface area contributed by atoms with Crippen molar-refractivity contribution in [1.82, 2.24) is 9.38 Å². The van der Waals surface area contributed by atoms with E-state index in [9.17, 15) is 4.39 Å². The van der Waals surface area contributed by atoms with E-state index in [-0.39, 0.29) is 11.5 Å². The molecule has 2 aromatic carbocycles. The van der Waals surface area contributed by atoms with Crippen molar-refractivity contribution in [2.45, 2.75) is 6.92 Å². The molecule has 4 aromatic rings. The van der Waals surface area contributed by atoms with E-state index in [2.05, 4.69) is 9.98 Å². The van der Waals surface area contributed by atoms with Crippen LogP contribution in [-0.4, -0.2) is 15.1 Å². The summed E-state index contributed by atoms with van der Waals surface area (Å²) < 4.78 is 16.4. The molecule has 0 aliphatic rings. The van der Waals surface area contributed by atoms with Crippen LogP contribution in [0.4, 0.5) is 10.1 Å². The maximum Gasteiger partial charge on any atom is 0.154 e. The molecule has 0 aliphatic heterocycles. The number of fused-ring (bicyclic) bond motifs is 1. The number of rotatable bonds is 3. The van der Waals surface area contributed by atoms with Gasteiger partial charge in [-0.25, -0.2) is 14.4 Å². The van der Waals surface area contributed by atoms with Gasteiger partial charge in [0.1, 0.15) is 11.3 Å². The Kier molecular flexibility index (Phi) is 3.86. The second kappa shape index (κ2) is 6.32. The molecule has 2 heterocycles. The van der Waals surface area contributed by atoms with Gasteiger partial charge < -0.3 is 4.40 Å². The van der Waals surface area contributed by atoms with Crippen molar-refractivity contribution < 1.29 is 4.39 Å². The number of benzene rings is 2. The summed E-state index contributed by atoms with van der Waals surface area (Å²) in [5, 5.41) is 0. The van der Waals surface area contributed by atoms with Gasteiger partial charge in [0.2, 0.25) is 0 Å². The number of aliphatic imine (C=N–C) groups is 1. The van der Waals surface area contributed by atoms with Crippen molar-refractivity contribution in [2.75, 3.05) is 0 Å². The molecule has 0 saturated carbocycles. The van der Waals surface area contributed by atoms with E-state index >= 15 is 0 Å². The van der Waals surface area contributed by atoms with Gasteiger partial charge in [0.05, 0.1) is 11.4 Å². The normalized spacial score (nSPS) is 10.8. The minimum atomic E-state index is -0.387. The molecule has 0 fully saturated rings. The van der Waals surface area contributed by atoms with Gasteiger partial charge in [-0.3, -0.25) is 0 Å². The first-order valence-electron chi connectivity index (χ1n) is 8.05. The zero-order chi connectivity index (χ0) is 17.2.